The Bertz CT molecular complexity index is 744. The summed E-state index contributed by atoms with van der Waals surface area (Å²) in [5.41, 5.74) is 0.945. The number of nitrogens with one attached hydrogen (secondary N) is 1. The molecule has 0 saturated heterocycles. The van der Waals surface area contributed by atoms with Crippen LogP contribution in [0, 0.1) is 10.1 Å². The number of nitro groups is 1. The third-order valence-electron chi connectivity index (χ3n) is 3.05. The number of benzene rings is 2. The van der Waals surface area contributed by atoms with Crippen molar-refractivity contribution in [2.75, 3.05) is 6.54 Å². The van der Waals surface area contributed by atoms with E-state index in [4.69, 9.17) is 16.3 Å². The second-order valence-electron chi connectivity index (χ2n) is 4.77. The molecule has 0 aliphatic heterocycles. The normalized spacial score (nSPS) is 10.0. The summed E-state index contributed by atoms with van der Waals surface area (Å²) < 4.78 is 4.99. The maximum Gasteiger partial charge on any atom is 0.325 e. The first kappa shape index (κ1) is 17.4. The summed E-state index contributed by atoms with van der Waals surface area (Å²) in [6.45, 7) is -0.317. The van der Waals surface area contributed by atoms with Gasteiger partial charge >= 0.3 is 5.97 Å². The van der Waals surface area contributed by atoms with Crippen LogP contribution in [0.1, 0.15) is 15.9 Å². The molecule has 8 heteroatoms. The molecule has 0 atom stereocenters. The summed E-state index contributed by atoms with van der Waals surface area (Å²) >= 11 is 5.73. The highest BCUT2D eigenvalue weighted by Gasteiger charge is 2.10. The van der Waals surface area contributed by atoms with Gasteiger partial charge in [0.1, 0.15) is 13.2 Å². The SMILES string of the molecule is O=C(CNC(=O)c1ccc(Cl)cc1)OCc1ccc([N+](=O)[O-])cc1. The van der Waals surface area contributed by atoms with Crippen molar-refractivity contribution in [3.8, 4) is 0 Å². The van der Waals surface area contributed by atoms with Crippen molar-refractivity contribution in [3.05, 3.63) is 74.8 Å². The minimum absolute atomic E-state index is 0.0341. The first-order valence-electron chi connectivity index (χ1n) is 6.88. The van der Waals surface area contributed by atoms with Gasteiger partial charge in [-0.25, -0.2) is 0 Å². The lowest BCUT2D eigenvalue weighted by atomic mass is 10.2. The van der Waals surface area contributed by atoms with Gasteiger partial charge in [-0.15, -0.1) is 0 Å². The van der Waals surface area contributed by atoms with Gasteiger partial charge in [0.25, 0.3) is 11.6 Å². The molecular formula is C16H13ClN2O5. The molecule has 0 aromatic heterocycles. The molecule has 0 aliphatic carbocycles. The third kappa shape index (κ3) is 5.06. The number of halogens is 1. The van der Waals surface area contributed by atoms with E-state index in [2.05, 4.69) is 5.32 Å². The molecular weight excluding hydrogens is 336 g/mol. The van der Waals surface area contributed by atoms with E-state index >= 15 is 0 Å². The number of rotatable bonds is 6. The van der Waals surface area contributed by atoms with Crippen molar-refractivity contribution in [1.29, 1.82) is 0 Å². The molecule has 2 rings (SSSR count). The minimum atomic E-state index is -0.615. The van der Waals surface area contributed by atoms with Crippen molar-refractivity contribution < 1.29 is 19.2 Å². The molecule has 0 saturated carbocycles. The average Bonchev–Trinajstić information content (AvgIpc) is 2.58. The lowest BCUT2D eigenvalue weighted by Gasteiger charge is -2.07. The van der Waals surface area contributed by atoms with Gasteiger partial charge in [-0.1, -0.05) is 11.6 Å². The number of carbonyl (C=O) groups is 2. The maximum atomic E-state index is 11.8. The number of hydrogen-bond acceptors (Lipinski definition) is 5. The molecule has 0 heterocycles. The molecule has 24 heavy (non-hydrogen) atoms. The zero-order valence-corrected chi connectivity index (χ0v) is 13.2. The predicted molar refractivity (Wildman–Crippen MR) is 86.7 cm³/mol. The molecule has 0 fully saturated rings. The van der Waals surface area contributed by atoms with Crippen LogP contribution in [0.25, 0.3) is 0 Å². The van der Waals surface area contributed by atoms with E-state index < -0.39 is 16.8 Å². The summed E-state index contributed by atoms with van der Waals surface area (Å²) in [6, 6.07) is 11.9. The Balaban J connectivity index is 1.77. The van der Waals surface area contributed by atoms with Crippen LogP contribution in [0.3, 0.4) is 0 Å². The Labute approximate surface area is 142 Å². The van der Waals surface area contributed by atoms with Crippen molar-refractivity contribution in [1.82, 2.24) is 5.32 Å². The van der Waals surface area contributed by atoms with Gasteiger partial charge in [-0.2, -0.15) is 0 Å². The van der Waals surface area contributed by atoms with Crippen LogP contribution in [-0.2, 0) is 16.1 Å². The molecule has 2 aromatic rings. The fourth-order valence-corrected chi connectivity index (χ4v) is 1.91. The van der Waals surface area contributed by atoms with E-state index in [1.807, 2.05) is 0 Å². The van der Waals surface area contributed by atoms with Gasteiger partial charge in [0.2, 0.25) is 0 Å². The van der Waals surface area contributed by atoms with E-state index in [-0.39, 0.29) is 18.8 Å². The fourth-order valence-electron chi connectivity index (χ4n) is 1.78. The zero-order chi connectivity index (χ0) is 17.5. The third-order valence-corrected chi connectivity index (χ3v) is 3.30. The van der Waals surface area contributed by atoms with Crippen LogP contribution in [0.4, 0.5) is 5.69 Å². The molecule has 1 N–H and O–H groups in total. The Morgan fingerprint density at radius 3 is 2.29 bits per heavy atom. The van der Waals surface area contributed by atoms with Gasteiger partial charge in [0.15, 0.2) is 0 Å². The molecule has 2 aromatic carbocycles. The monoisotopic (exact) mass is 348 g/mol. The molecule has 0 radical (unpaired) electrons. The van der Waals surface area contributed by atoms with Crippen molar-refractivity contribution >= 4 is 29.2 Å². The lowest BCUT2D eigenvalue weighted by Crippen LogP contribution is -2.30. The summed E-state index contributed by atoms with van der Waals surface area (Å²) in [5, 5.41) is 13.5. The number of carbonyl (C=O) groups excluding carboxylic acids is 2. The average molecular weight is 349 g/mol. The van der Waals surface area contributed by atoms with Crippen LogP contribution in [-0.4, -0.2) is 23.3 Å². The molecule has 0 spiro atoms. The van der Waals surface area contributed by atoms with Crippen LogP contribution >= 0.6 is 11.6 Å². The Morgan fingerprint density at radius 2 is 1.71 bits per heavy atom. The first-order chi connectivity index (χ1) is 11.5. The summed E-state index contributed by atoms with van der Waals surface area (Å²) in [7, 11) is 0. The van der Waals surface area contributed by atoms with Gasteiger partial charge in [-0.3, -0.25) is 19.7 Å². The van der Waals surface area contributed by atoms with E-state index in [1.54, 1.807) is 24.3 Å². The largest absolute Gasteiger partial charge is 0.460 e. The number of hydrogen-bond donors (Lipinski definition) is 1. The first-order valence-corrected chi connectivity index (χ1v) is 7.26. The van der Waals surface area contributed by atoms with Crippen molar-refractivity contribution in [2.45, 2.75) is 6.61 Å². The molecule has 0 unspecified atom stereocenters. The highest BCUT2D eigenvalue weighted by molar-refractivity contribution is 6.30. The topological polar surface area (TPSA) is 98.5 Å². The highest BCUT2D eigenvalue weighted by atomic mass is 35.5. The molecule has 7 nitrogen and oxygen atoms in total. The van der Waals surface area contributed by atoms with E-state index in [1.165, 1.54) is 24.3 Å². The Morgan fingerprint density at radius 1 is 1.08 bits per heavy atom. The van der Waals surface area contributed by atoms with Gasteiger partial charge in [-0.05, 0) is 42.0 Å². The predicted octanol–water partition coefficient (Wildman–Crippen LogP) is 2.72. The van der Waals surface area contributed by atoms with Crippen LogP contribution < -0.4 is 5.32 Å². The minimum Gasteiger partial charge on any atom is -0.460 e. The molecule has 1 amide bonds. The highest BCUT2D eigenvalue weighted by Crippen LogP contribution is 2.12. The second-order valence-corrected chi connectivity index (χ2v) is 5.21. The lowest BCUT2D eigenvalue weighted by molar-refractivity contribution is -0.384. The number of ether oxygens (including phenoxy) is 1. The molecule has 124 valence electrons. The fraction of sp³-hybridized carbons (Fsp3) is 0.125. The smallest absolute Gasteiger partial charge is 0.325 e. The van der Waals surface area contributed by atoms with Gasteiger partial charge in [0.05, 0.1) is 4.92 Å². The maximum absolute atomic E-state index is 11.8. The summed E-state index contributed by atoms with van der Waals surface area (Å²) in [4.78, 5) is 33.4. The van der Waals surface area contributed by atoms with Crippen LogP contribution in [0.5, 0.6) is 0 Å². The van der Waals surface area contributed by atoms with Gasteiger partial charge in [0, 0.05) is 22.7 Å². The standard InChI is InChI=1S/C16H13ClN2O5/c17-13-5-3-12(4-6-13)16(21)18-9-15(20)24-10-11-1-7-14(8-2-11)19(22)23/h1-8H,9-10H2,(H,18,21). The molecule has 0 bridgehead atoms. The Kier molecular flexibility index (Phi) is 5.86. The van der Waals surface area contributed by atoms with E-state index in [9.17, 15) is 19.7 Å². The summed E-state index contributed by atoms with van der Waals surface area (Å²) in [5.74, 6) is -1.03. The zero-order valence-electron chi connectivity index (χ0n) is 12.4. The van der Waals surface area contributed by atoms with E-state index in [0.29, 0.717) is 16.1 Å². The van der Waals surface area contributed by atoms with E-state index in [0.717, 1.165) is 0 Å². The van der Waals surface area contributed by atoms with Crippen LogP contribution in [0.2, 0.25) is 5.02 Å². The Hall–Kier alpha value is -2.93. The van der Waals surface area contributed by atoms with Gasteiger partial charge < -0.3 is 10.1 Å². The summed E-state index contributed by atoms with van der Waals surface area (Å²) in [6.07, 6.45) is 0. The quantitative estimate of drug-likeness (QED) is 0.491. The van der Waals surface area contributed by atoms with Crippen LogP contribution in [0.15, 0.2) is 48.5 Å². The number of nitro benzene ring substituents is 1. The number of nitrogens with zero attached hydrogens (tertiary/aromatic N) is 1. The molecule has 0 aliphatic rings. The van der Waals surface area contributed by atoms with Crippen molar-refractivity contribution in [3.63, 3.8) is 0 Å². The number of non-ortho nitro benzene ring substituents is 1. The van der Waals surface area contributed by atoms with Crippen molar-refractivity contribution in [2.24, 2.45) is 0 Å². The number of amides is 1. The number of esters is 1. The second kappa shape index (κ2) is 8.07.